The molecule has 26 heavy (non-hydrogen) atoms. The van der Waals surface area contributed by atoms with E-state index in [2.05, 4.69) is 10.4 Å². The molecule has 134 valence electrons. The Hall–Kier alpha value is -3.02. The summed E-state index contributed by atoms with van der Waals surface area (Å²) < 4.78 is 27.9. The molecule has 1 N–H and O–H groups in total. The number of amides is 1. The van der Waals surface area contributed by atoms with E-state index in [0.29, 0.717) is 25.1 Å². The third-order valence-electron chi connectivity index (χ3n) is 4.01. The molecule has 0 atom stereocenters. The third kappa shape index (κ3) is 4.99. The maximum Gasteiger partial charge on any atom is 0.220 e. The van der Waals surface area contributed by atoms with Crippen molar-refractivity contribution in [3.8, 4) is 0 Å². The molecule has 0 aliphatic carbocycles. The number of carbonyl (C=O) groups is 1. The van der Waals surface area contributed by atoms with E-state index in [9.17, 15) is 13.6 Å². The number of rotatable bonds is 7. The molecule has 0 spiro atoms. The van der Waals surface area contributed by atoms with Gasteiger partial charge in [0.05, 0.1) is 6.54 Å². The predicted molar refractivity (Wildman–Crippen MR) is 94.3 cm³/mol. The maximum absolute atomic E-state index is 13.2. The normalized spacial score (nSPS) is 10.7. The summed E-state index contributed by atoms with van der Waals surface area (Å²) in [6.07, 6.45) is 4.21. The molecule has 0 bridgehead atoms. The van der Waals surface area contributed by atoms with Gasteiger partial charge in [-0.25, -0.2) is 8.78 Å². The van der Waals surface area contributed by atoms with Crippen LogP contribution < -0.4 is 5.32 Å². The first-order valence-corrected chi connectivity index (χ1v) is 8.36. The lowest BCUT2D eigenvalue weighted by molar-refractivity contribution is -0.121. The molecule has 1 amide bonds. The van der Waals surface area contributed by atoms with Crippen LogP contribution in [0.1, 0.15) is 23.1 Å². The highest BCUT2D eigenvalue weighted by Crippen LogP contribution is 2.11. The molecule has 4 nitrogen and oxygen atoms in total. The first-order valence-electron chi connectivity index (χ1n) is 8.36. The quantitative estimate of drug-likeness (QED) is 0.706. The third-order valence-corrected chi connectivity index (χ3v) is 4.01. The van der Waals surface area contributed by atoms with Gasteiger partial charge in [0.2, 0.25) is 5.91 Å². The largest absolute Gasteiger partial charge is 0.352 e. The van der Waals surface area contributed by atoms with E-state index >= 15 is 0 Å². The Labute approximate surface area is 150 Å². The Morgan fingerprint density at radius 3 is 2.62 bits per heavy atom. The first-order chi connectivity index (χ1) is 12.6. The van der Waals surface area contributed by atoms with Crippen molar-refractivity contribution in [2.75, 3.05) is 0 Å². The lowest BCUT2D eigenvalue weighted by atomic mass is 10.1. The molecular weight excluding hydrogens is 336 g/mol. The minimum atomic E-state index is -0.892. The number of benzene rings is 2. The van der Waals surface area contributed by atoms with E-state index in [0.717, 1.165) is 23.3 Å². The molecule has 0 fully saturated rings. The van der Waals surface area contributed by atoms with Gasteiger partial charge < -0.3 is 5.32 Å². The molecule has 1 aromatic heterocycles. The summed E-state index contributed by atoms with van der Waals surface area (Å²) in [4.78, 5) is 12.0. The van der Waals surface area contributed by atoms with Crippen LogP contribution in [0.2, 0.25) is 0 Å². The van der Waals surface area contributed by atoms with Crippen molar-refractivity contribution in [3.05, 3.63) is 89.2 Å². The smallest absolute Gasteiger partial charge is 0.220 e. The minimum absolute atomic E-state index is 0.132. The SMILES string of the molecule is O=C(CCc1ccc(F)c(F)c1)NCc1cccc(Cn2cccn2)c1. The zero-order valence-corrected chi connectivity index (χ0v) is 14.2. The average molecular weight is 355 g/mol. The van der Waals surface area contributed by atoms with Gasteiger partial charge in [-0.3, -0.25) is 9.48 Å². The van der Waals surface area contributed by atoms with E-state index in [4.69, 9.17) is 0 Å². The van der Waals surface area contributed by atoms with E-state index in [1.54, 1.807) is 6.20 Å². The second-order valence-electron chi connectivity index (χ2n) is 6.05. The number of hydrogen-bond donors (Lipinski definition) is 1. The molecule has 2 aromatic carbocycles. The van der Waals surface area contributed by atoms with Crippen LogP contribution in [0.4, 0.5) is 8.78 Å². The van der Waals surface area contributed by atoms with Gasteiger partial charge in [-0.2, -0.15) is 5.10 Å². The fourth-order valence-corrected chi connectivity index (χ4v) is 2.66. The maximum atomic E-state index is 13.2. The minimum Gasteiger partial charge on any atom is -0.352 e. The van der Waals surface area contributed by atoms with Gasteiger partial charge >= 0.3 is 0 Å². The summed E-state index contributed by atoms with van der Waals surface area (Å²) in [6, 6.07) is 13.5. The summed E-state index contributed by atoms with van der Waals surface area (Å²) in [5.74, 6) is -1.91. The van der Waals surface area contributed by atoms with Gasteiger partial charge in [0.25, 0.3) is 0 Å². The van der Waals surface area contributed by atoms with Gasteiger partial charge in [0.1, 0.15) is 0 Å². The van der Waals surface area contributed by atoms with E-state index in [1.165, 1.54) is 6.07 Å². The molecular formula is C20H19F2N3O. The molecule has 0 unspecified atom stereocenters. The summed E-state index contributed by atoms with van der Waals surface area (Å²) in [5.41, 5.74) is 2.69. The summed E-state index contributed by atoms with van der Waals surface area (Å²) >= 11 is 0. The molecule has 3 rings (SSSR count). The number of aromatic nitrogens is 2. The number of nitrogens with one attached hydrogen (secondary N) is 1. The van der Waals surface area contributed by atoms with Crippen molar-refractivity contribution in [1.29, 1.82) is 0 Å². The van der Waals surface area contributed by atoms with Crippen LogP contribution in [0, 0.1) is 11.6 Å². The average Bonchev–Trinajstić information content (AvgIpc) is 3.14. The van der Waals surface area contributed by atoms with E-state index in [1.807, 2.05) is 41.2 Å². The molecule has 6 heteroatoms. The topological polar surface area (TPSA) is 46.9 Å². The van der Waals surface area contributed by atoms with E-state index < -0.39 is 11.6 Å². The highest BCUT2D eigenvalue weighted by Gasteiger charge is 2.06. The van der Waals surface area contributed by atoms with Crippen molar-refractivity contribution >= 4 is 5.91 Å². The number of nitrogens with zero attached hydrogens (tertiary/aromatic N) is 2. The first kappa shape index (κ1) is 17.8. The van der Waals surface area contributed by atoms with Crippen LogP contribution in [-0.2, 0) is 24.3 Å². The molecule has 0 radical (unpaired) electrons. The number of carbonyl (C=O) groups excluding carboxylic acids is 1. The molecule has 0 aliphatic heterocycles. The molecule has 3 aromatic rings. The van der Waals surface area contributed by atoms with Crippen LogP contribution >= 0.6 is 0 Å². The Morgan fingerprint density at radius 1 is 1.00 bits per heavy atom. The van der Waals surface area contributed by atoms with Crippen LogP contribution in [0.3, 0.4) is 0 Å². The fourth-order valence-electron chi connectivity index (χ4n) is 2.66. The van der Waals surface area contributed by atoms with Crippen molar-refractivity contribution in [3.63, 3.8) is 0 Å². The lowest BCUT2D eigenvalue weighted by Crippen LogP contribution is -2.23. The Morgan fingerprint density at radius 2 is 1.85 bits per heavy atom. The Balaban J connectivity index is 1.48. The van der Waals surface area contributed by atoms with Crippen molar-refractivity contribution in [2.24, 2.45) is 0 Å². The molecule has 0 saturated carbocycles. The lowest BCUT2D eigenvalue weighted by Gasteiger charge is -2.08. The van der Waals surface area contributed by atoms with Crippen LogP contribution in [0.5, 0.6) is 0 Å². The van der Waals surface area contributed by atoms with Crippen LogP contribution in [0.15, 0.2) is 60.9 Å². The second kappa shape index (κ2) is 8.38. The molecule has 0 aliphatic rings. The van der Waals surface area contributed by atoms with Gasteiger partial charge in [0.15, 0.2) is 11.6 Å². The monoisotopic (exact) mass is 355 g/mol. The van der Waals surface area contributed by atoms with Gasteiger partial charge in [-0.05, 0) is 41.3 Å². The van der Waals surface area contributed by atoms with Crippen LogP contribution in [-0.4, -0.2) is 15.7 Å². The molecule has 1 heterocycles. The number of aryl methyl sites for hydroxylation is 1. The molecule has 0 saturated heterocycles. The summed E-state index contributed by atoms with van der Waals surface area (Å²) in [7, 11) is 0. The van der Waals surface area contributed by atoms with Crippen LogP contribution in [0.25, 0.3) is 0 Å². The van der Waals surface area contributed by atoms with Gasteiger partial charge in [-0.1, -0.05) is 30.3 Å². The van der Waals surface area contributed by atoms with Crippen molar-refractivity contribution in [1.82, 2.24) is 15.1 Å². The Kier molecular flexibility index (Phi) is 5.73. The number of halogens is 2. The van der Waals surface area contributed by atoms with Gasteiger partial charge in [-0.15, -0.1) is 0 Å². The summed E-state index contributed by atoms with van der Waals surface area (Å²) in [5, 5.41) is 7.03. The zero-order valence-electron chi connectivity index (χ0n) is 14.2. The highest BCUT2D eigenvalue weighted by atomic mass is 19.2. The standard InChI is InChI=1S/C20H19F2N3O/c21-18-7-5-15(12-19(18)22)6-8-20(26)23-13-16-3-1-4-17(11-16)14-25-10-2-9-24-25/h1-5,7,9-12H,6,8,13-14H2,(H,23,26). The predicted octanol–water partition coefficient (Wildman–Crippen LogP) is 3.46. The number of hydrogen-bond acceptors (Lipinski definition) is 2. The summed E-state index contributed by atoms with van der Waals surface area (Å²) in [6.45, 7) is 1.09. The fraction of sp³-hybridized carbons (Fsp3) is 0.200. The van der Waals surface area contributed by atoms with E-state index in [-0.39, 0.29) is 12.3 Å². The second-order valence-corrected chi connectivity index (χ2v) is 6.05. The van der Waals surface area contributed by atoms with Crippen molar-refractivity contribution in [2.45, 2.75) is 25.9 Å². The van der Waals surface area contributed by atoms with Gasteiger partial charge in [0, 0.05) is 25.4 Å². The highest BCUT2D eigenvalue weighted by molar-refractivity contribution is 5.76. The Bertz CT molecular complexity index is 879. The van der Waals surface area contributed by atoms with Crippen molar-refractivity contribution < 1.29 is 13.6 Å². The zero-order chi connectivity index (χ0) is 18.4.